The number of fused-ring (bicyclic) bond motifs is 1. The fourth-order valence-corrected chi connectivity index (χ4v) is 2.97. The van der Waals surface area contributed by atoms with Gasteiger partial charge in [0.2, 0.25) is 5.92 Å². The van der Waals surface area contributed by atoms with Gasteiger partial charge in [0, 0.05) is 18.8 Å². The smallest absolute Gasteiger partial charge is 0.241 e. The zero-order valence-electron chi connectivity index (χ0n) is 7.91. The van der Waals surface area contributed by atoms with Gasteiger partial charge < -0.3 is 0 Å². The lowest BCUT2D eigenvalue weighted by atomic mass is 9.82. The normalized spacial score (nSPS) is 20.4. The van der Waals surface area contributed by atoms with E-state index in [0.29, 0.717) is 0 Å². The van der Waals surface area contributed by atoms with E-state index in [1.807, 2.05) is 24.3 Å². The van der Waals surface area contributed by atoms with Crippen molar-refractivity contribution in [2.24, 2.45) is 0 Å². The molecule has 0 saturated heterocycles. The second-order valence-corrected chi connectivity index (χ2v) is 5.04. The maximum absolute atomic E-state index is 12.7. The molecule has 4 heteroatoms. The van der Waals surface area contributed by atoms with Crippen molar-refractivity contribution in [2.45, 2.75) is 24.7 Å². The van der Waals surface area contributed by atoms with Crippen LogP contribution in [0.25, 0.3) is 10.2 Å². The maximum atomic E-state index is 12.7. The third-order valence-electron chi connectivity index (χ3n) is 2.75. The number of alkyl halides is 2. The van der Waals surface area contributed by atoms with Gasteiger partial charge in [-0.2, -0.15) is 0 Å². The van der Waals surface area contributed by atoms with Gasteiger partial charge in [-0.05, 0) is 12.1 Å². The fourth-order valence-electron chi connectivity index (χ4n) is 1.90. The molecule has 1 nitrogen and oxygen atoms in total. The number of hydrogen-bond acceptors (Lipinski definition) is 2. The second kappa shape index (κ2) is 2.98. The summed E-state index contributed by atoms with van der Waals surface area (Å²) in [5.74, 6) is -2.49. The van der Waals surface area contributed by atoms with Crippen LogP contribution in [0.5, 0.6) is 0 Å². The van der Waals surface area contributed by atoms with Gasteiger partial charge in [0.1, 0.15) is 0 Å². The zero-order chi connectivity index (χ0) is 10.5. The number of thiazole rings is 1. The van der Waals surface area contributed by atoms with Crippen LogP contribution in [-0.2, 0) is 0 Å². The minimum absolute atomic E-state index is 0.0302. The van der Waals surface area contributed by atoms with E-state index in [2.05, 4.69) is 4.98 Å². The topological polar surface area (TPSA) is 12.9 Å². The van der Waals surface area contributed by atoms with E-state index in [9.17, 15) is 8.78 Å². The van der Waals surface area contributed by atoms with E-state index >= 15 is 0 Å². The molecule has 0 bridgehead atoms. The van der Waals surface area contributed by atoms with Crippen LogP contribution in [0.1, 0.15) is 23.8 Å². The van der Waals surface area contributed by atoms with Gasteiger partial charge >= 0.3 is 0 Å². The van der Waals surface area contributed by atoms with Crippen LogP contribution in [0, 0.1) is 0 Å². The average molecular weight is 225 g/mol. The highest BCUT2D eigenvalue weighted by atomic mass is 32.1. The molecule has 0 N–H and O–H groups in total. The van der Waals surface area contributed by atoms with Gasteiger partial charge in [0.05, 0.1) is 15.2 Å². The molecule has 1 heterocycles. The van der Waals surface area contributed by atoms with Crippen LogP contribution >= 0.6 is 11.3 Å². The van der Waals surface area contributed by atoms with E-state index in [4.69, 9.17) is 0 Å². The van der Waals surface area contributed by atoms with Gasteiger partial charge in [-0.25, -0.2) is 13.8 Å². The molecule has 2 aromatic rings. The SMILES string of the molecule is FC1(F)CC(c2nc3ccccc3s2)C1. The van der Waals surface area contributed by atoms with Crippen LogP contribution in [0.3, 0.4) is 0 Å². The van der Waals surface area contributed by atoms with E-state index in [-0.39, 0.29) is 18.8 Å². The number of benzene rings is 1. The number of rotatable bonds is 1. The second-order valence-electron chi connectivity index (χ2n) is 3.98. The maximum Gasteiger partial charge on any atom is 0.249 e. The Hall–Kier alpha value is -1.03. The monoisotopic (exact) mass is 225 g/mol. The first-order valence-electron chi connectivity index (χ1n) is 4.87. The first-order chi connectivity index (χ1) is 7.14. The van der Waals surface area contributed by atoms with Gasteiger partial charge in [0.25, 0.3) is 0 Å². The summed E-state index contributed by atoms with van der Waals surface area (Å²) in [4.78, 5) is 4.39. The van der Waals surface area contributed by atoms with Gasteiger partial charge in [0.15, 0.2) is 0 Å². The lowest BCUT2D eigenvalue weighted by Gasteiger charge is -2.33. The van der Waals surface area contributed by atoms with Gasteiger partial charge in [-0.3, -0.25) is 0 Å². The molecule has 0 spiro atoms. The van der Waals surface area contributed by atoms with E-state index in [1.165, 1.54) is 11.3 Å². The van der Waals surface area contributed by atoms with Crippen molar-refractivity contribution in [3.63, 3.8) is 0 Å². The first kappa shape index (κ1) is 9.21. The van der Waals surface area contributed by atoms with Crippen LogP contribution in [0.4, 0.5) is 8.78 Å². The highest BCUT2D eigenvalue weighted by molar-refractivity contribution is 7.18. The van der Waals surface area contributed by atoms with Crippen LogP contribution in [-0.4, -0.2) is 10.9 Å². The predicted molar refractivity (Wildman–Crippen MR) is 56.5 cm³/mol. The standard InChI is InChI=1S/C11H9F2NS/c12-11(13)5-7(6-11)10-14-8-3-1-2-4-9(8)15-10/h1-4,7H,5-6H2. The third kappa shape index (κ3) is 1.53. The zero-order valence-corrected chi connectivity index (χ0v) is 8.73. The molecule has 1 aliphatic rings. The molecular weight excluding hydrogens is 216 g/mol. The molecule has 1 saturated carbocycles. The molecule has 0 amide bonds. The summed E-state index contributed by atoms with van der Waals surface area (Å²) >= 11 is 1.54. The summed E-state index contributed by atoms with van der Waals surface area (Å²) < 4.78 is 26.5. The molecule has 0 atom stereocenters. The van der Waals surface area contributed by atoms with Crippen molar-refractivity contribution in [1.82, 2.24) is 4.98 Å². The molecule has 0 radical (unpaired) electrons. The minimum Gasteiger partial charge on any atom is -0.241 e. The summed E-state index contributed by atoms with van der Waals surface area (Å²) in [5.41, 5.74) is 0.924. The Balaban J connectivity index is 1.93. The van der Waals surface area contributed by atoms with Crippen molar-refractivity contribution in [1.29, 1.82) is 0 Å². The summed E-state index contributed by atoms with van der Waals surface area (Å²) in [6.07, 6.45) is -0.0698. The molecule has 1 aliphatic carbocycles. The molecule has 0 aliphatic heterocycles. The van der Waals surface area contributed by atoms with Crippen LogP contribution < -0.4 is 0 Å². The number of nitrogens with zero attached hydrogens (tertiary/aromatic N) is 1. The molecule has 3 rings (SSSR count). The quantitative estimate of drug-likeness (QED) is 0.719. The predicted octanol–water partition coefficient (Wildman–Crippen LogP) is 3.81. The van der Waals surface area contributed by atoms with Crippen molar-refractivity contribution in [3.8, 4) is 0 Å². The highest BCUT2D eigenvalue weighted by Gasteiger charge is 2.47. The van der Waals surface area contributed by atoms with Crippen LogP contribution in [0.2, 0.25) is 0 Å². The fraction of sp³-hybridized carbons (Fsp3) is 0.364. The summed E-state index contributed by atoms with van der Waals surface area (Å²) in [6.45, 7) is 0. The number of halogens is 2. The Bertz CT molecular complexity index is 465. The van der Waals surface area contributed by atoms with Crippen LogP contribution in [0.15, 0.2) is 24.3 Å². The first-order valence-corrected chi connectivity index (χ1v) is 5.69. The van der Waals surface area contributed by atoms with Crippen molar-refractivity contribution >= 4 is 21.6 Å². The Morgan fingerprint density at radius 2 is 2.00 bits per heavy atom. The summed E-state index contributed by atoms with van der Waals surface area (Å²) in [6, 6.07) is 7.76. The highest BCUT2D eigenvalue weighted by Crippen LogP contribution is 2.49. The van der Waals surface area contributed by atoms with Crippen molar-refractivity contribution in [2.75, 3.05) is 0 Å². The molecule has 0 unspecified atom stereocenters. The Kier molecular flexibility index (Phi) is 1.83. The molecule has 1 aromatic carbocycles. The summed E-state index contributed by atoms with van der Waals surface area (Å²) in [7, 11) is 0. The minimum atomic E-state index is -2.46. The molecule has 15 heavy (non-hydrogen) atoms. The number of para-hydroxylation sites is 1. The van der Waals surface area contributed by atoms with E-state index < -0.39 is 5.92 Å². The van der Waals surface area contributed by atoms with Gasteiger partial charge in [-0.1, -0.05) is 12.1 Å². The van der Waals surface area contributed by atoms with E-state index in [0.717, 1.165) is 15.2 Å². The Morgan fingerprint density at radius 3 is 2.67 bits per heavy atom. The lowest BCUT2D eigenvalue weighted by molar-refractivity contribution is -0.0867. The van der Waals surface area contributed by atoms with Crippen molar-refractivity contribution in [3.05, 3.63) is 29.3 Å². The van der Waals surface area contributed by atoms with Gasteiger partial charge in [-0.15, -0.1) is 11.3 Å². The number of hydrogen-bond donors (Lipinski definition) is 0. The van der Waals surface area contributed by atoms with E-state index in [1.54, 1.807) is 0 Å². The third-order valence-corrected chi connectivity index (χ3v) is 3.95. The molecule has 1 aromatic heterocycles. The van der Waals surface area contributed by atoms with Crippen molar-refractivity contribution < 1.29 is 8.78 Å². The largest absolute Gasteiger partial charge is 0.249 e. The lowest BCUT2D eigenvalue weighted by Crippen LogP contribution is -2.33. The Morgan fingerprint density at radius 1 is 1.27 bits per heavy atom. The molecule has 1 fully saturated rings. The molecule has 78 valence electrons. The Labute approximate surface area is 89.8 Å². The molecular formula is C11H9F2NS. The number of aromatic nitrogens is 1. The summed E-state index contributed by atoms with van der Waals surface area (Å²) in [5, 5.41) is 0.863. The average Bonchev–Trinajstić information content (AvgIpc) is 2.56.